The smallest absolute Gasteiger partial charge is 0.242 e. The fourth-order valence-electron chi connectivity index (χ4n) is 3.64. The molecular weight excluding hydrogens is 430 g/mol. The number of ketones is 1. The third-order valence-electron chi connectivity index (χ3n) is 5.40. The number of nitrogens with zero attached hydrogens (tertiary/aromatic N) is 1. The molecule has 0 aromatic heterocycles. The third kappa shape index (κ3) is 5.05. The summed E-state index contributed by atoms with van der Waals surface area (Å²) in [6.45, 7) is 6.90. The quantitative estimate of drug-likeness (QED) is 0.621. The second-order valence-electron chi connectivity index (χ2n) is 8.18. The fraction of sp³-hybridized carbons (Fsp3) is 0.348. The van der Waals surface area contributed by atoms with Crippen LogP contribution in [0.2, 0.25) is 0 Å². The predicted octanol–water partition coefficient (Wildman–Crippen LogP) is 2.74. The van der Waals surface area contributed by atoms with E-state index in [-0.39, 0.29) is 22.5 Å². The largest absolute Gasteiger partial charge is 0.325 e. The van der Waals surface area contributed by atoms with E-state index in [0.29, 0.717) is 29.9 Å². The van der Waals surface area contributed by atoms with Crippen LogP contribution in [0, 0.1) is 5.92 Å². The highest BCUT2D eigenvalue weighted by molar-refractivity contribution is 7.89. The molecule has 0 bridgehead atoms. The Kier molecular flexibility index (Phi) is 6.80. The lowest BCUT2D eigenvalue weighted by Gasteiger charge is -2.22. The molecule has 2 amide bonds. The van der Waals surface area contributed by atoms with Crippen LogP contribution in [0.25, 0.3) is 0 Å². The molecular formula is C23H27N3O5S. The minimum atomic E-state index is -3.99. The molecule has 0 unspecified atom stereocenters. The molecule has 0 aliphatic carbocycles. The number of sulfonamides is 1. The molecule has 2 aromatic carbocycles. The first kappa shape index (κ1) is 23.6. The van der Waals surface area contributed by atoms with Crippen molar-refractivity contribution < 1.29 is 22.8 Å². The summed E-state index contributed by atoms with van der Waals surface area (Å²) in [4.78, 5) is 37.8. The first-order valence-electron chi connectivity index (χ1n) is 10.3. The average molecular weight is 458 g/mol. The molecule has 1 atom stereocenters. The number of amides is 2. The van der Waals surface area contributed by atoms with Crippen molar-refractivity contribution in [2.45, 2.75) is 45.1 Å². The van der Waals surface area contributed by atoms with Gasteiger partial charge in [-0.05, 0) is 55.2 Å². The van der Waals surface area contributed by atoms with E-state index in [1.54, 1.807) is 55.1 Å². The first-order valence-corrected chi connectivity index (χ1v) is 11.8. The van der Waals surface area contributed by atoms with Gasteiger partial charge in [0.1, 0.15) is 6.04 Å². The van der Waals surface area contributed by atoms with E-state index in [0.717, 1.165) is 5.56 Å². The Morgan fingerprint density at radius 3 is 2.38 bits per heavy atom. The number of hydrogen-bond acceptors (Lipinski definition) is 5. The van der Waals surface area contributed by atoms with E-state index in [9.17, 15) is 22.8 Å². The molecule has 2 aromatic rings. The average Bonchev–Trinajstić information content (AvgIpc) is 3.15. The standard InChI is InChI=1S/C23H27N3O5S/c1-14(2)22(23(29)24-19-7-5-6-17(12-19)15(3)27)25-32(30,31)20-8-9-21-18(13-20)10-11-26(21)16(4)28/h5-9,12-14,22,25H,10-11H2,1-4H3,(H,24,29)/t22-/m1/s1. The van der Waals surface area contributed by atoms with Gasteiger partial charge in [0.05, 0.1) is 4.90 Å². The number of Topliss-reactive ketones (excluding diaryl/α,β-unsaturated/α-hetero) is 1. The number of hydrogen-bond donors (Lipinski definition) is 2. The zero-order valence-electron chi connectivity index (χ0n) is 18.5. The highest BCUT2D eigenvalue weighted by Crippen LogP contribution is 2.30. The minimum absolute atomic E-state index is 0.0404. The van der Waals surface area contributed by atoms with Gasteiger partial charge < -0.3 is 10.2 Å². The number of rotatable bonds is 7. The monoisotopic (exact) mass is 457 g/mol. The van der Waals surface area contributed by atoms with Crippen molar-refractivity contribution in [2.24, 2.45) is 5.92 Å². The zero-order chi connectivity index (χ0) is 23.6. The van der Waals surface area contributed by atoms with Crippen molar-refractivity contribution in [1.29, 1.82) is 0 Å². The zero-order valence-corrected chi connectivity index (χ0v) is 19.3. The van der Waals surface area contributed by atoms with Crippen LogP contribution in [0.5, 0.6) is 0 Å². The number of nitrogens with one attached hydrogen (secondary N) is 2. The van der Waals surface area contributed by atoms with Gasteiger partial charge in [0.15, 0.2) is 5.78 Å². The highest BCUT2D eigenvalue weighted by Gasteiger charge is 2.30. The van der Waals surface area contributed by atoms with Gasteiger partial charge in [-0.25, -0.2) is 8.42 Å². The summed E-state index contributed by atoms with van der Waals surface area (Å²) < 4.78 is 28.6. The van der Waals surface area contributed by atoms with Gasteiger partial charge in [-0.1, -0.05) is 26.0 Å². The van der Waals surface area contributed by atoms with Crippen LogP contribution in [0.1, 0.15) is 43.6 Å². The lowest BCUT2D eigenvalue weighted by molar-refractivity contribution is -0.118. The summed E-state index contributed by atoms with van der Waals surface area (Å²) in [5.41, 5.74) is 2.34. The minimum Gasteiger partial charge on any atom is -0.325 e. The Bertz CT molecular complexity index is 1170. The SMILES string of the molecule is CC(=O)c1cccc(NC(=O)[C@H](NS(=O)(=O)c2ccc3c(c2)CCN3C(C)=O)C(C)C)c1. The van der Waals surface area contributed by atoms with Crippen molar-refractivity contribution in [1.82, 2.24) is 4.72 Å². The van der Waals surface area contributed by atoms with Gasteiger partial charge in [0, 0.05) is 30.4 Å². The van der Waals surface area contributed by atoms with Crippen molar-refractivity contribution in [3.05, 3.63) is 53.6 Å². The Morgan fingerprint density at radius 1 is 1.03 bits per heavy atom. The van der Waals surface area contributed by atoms with Gasteiger partial charge in [-0.3, -0.25) is 14.4 Å². The highest BCUT2D eigenvalue weighted by atomic mass is 32.2. The molecule has 1 heterocycles. The topological polar surface area (TPSA) is 113 Å². The molecule has 8 nitrogen and oxygen atoms in total. The predicted molar refractivity (Wildman–Crippen MR) is 122 cm³/mol. The maximum absolute atomic E-state index is 13.0. The molecule has 0 saturated heterocycles. The van der Waals surface area contributed by atoms with E-state index in [1.165, 1.54) is 19.9 Å². The summed E-state index contributed by atoms with van der Waals surface area (Å²) >= 11 is 0. The Morgan fingerprint density at radius 2 is 1.75 bits per heavy atom. The molecule has 0 radical (unpaired) electrons. The number of carbonyl (C=O) groups is 3. The lowest BCUT2D eigenvalue weighted by Crippen LogP contribution is -2.47. The molecule has 0 fully saturated rings. The van der Waals surface area contributed by atoms with E-state index < -0.39 is 22.0 Å². The molecule has 32 heavy (non-hydrogen) atoms. The molecule has 3 rings (SSSR count). The van der Waals surface area contributed by atoms with Gasteiger partial charge in [-0.15, -0.1) is 0 Å². The fourth-order valence-corrected chi connectivity index (χ4v) is 5.03. The van der Waals surface area contributed by atoms with Crippen LogP contribution in [0.15, 0.2) is 47.4 Å². The third-order valence-corrected chi connectivity index (χ3v) is 6.84. The molecule has 170 valence electrons. The van der Waals surface area contributed by atoms with Gasteiger partial charge >= 0.3 is 0 Å². The Labute approximate surface area is 188 Å². The van der Waals surface area contributed by atoms with E-state index in [2.05, 4.69) is 10.0 Å². The van der Waals surface area contributed by atoms with Gasteiger partial charge in [0.25, 0.3) is 0 Å². The molecule has 1 aliphatic heterocycles. The second kappa shape index (κ2) is 9.22. The normalized spacial score (nSPS) is 14.2. The van der Waals surface area contributed by atoms with Crippen LogP contribution < -0.4 is 14.9 Å². The lowest BCUT2D eigenvalue weighted by atomic mass is 10.0. The summed E-state index contributed by atoms with van der Waals surface area (Å²) in [7, 11) is -3.99. The summed E-state index contributed by atoms with van der Waals surface area (Å²) in [5.74, 6) is -1.08. The number of benzene rings is 2. The van der Waals surface area contributed by atoms with Crippen molar-refractivity contribution in [3.63, 3.8) is 0 Å². The van der Waals surface area contributed by atoms with E-state index in [4.69, 9.17) is 0 Å². The maximum atomic E-state index is 13.0. The second-order valence-corrected chi connectivity index (χ2v) is 9.89. The van der Waals surface area contributed by atoms with Crippen LogP contribution in [-0.4, -0.2) is 38.6 Å². The van der Waals surface area contributed by atoms with Crippen molar-refractivity contribution >= 4 is 39.0 Å². The van der Waals surface area contributed by atoms with Crippen molar-refractivity contribution in [2.75, 3.05) is 16.8 Å². The Hall–Kier alpha value is -3.04. The molecule has 0 saturated carbocycles. The molecule has 0 spiro atoms. The summed E-state index contributed by atoms with van der Waals surface area (Å²) in [6.07, 6.45) is 0.568. The van der Waals surface area contributed by atoms with Gasteiger partial charge in [0.2, 0.25) is 21.8 Å². The number of carbonyl (C=O) groups excluding carboxylic acids is 3. The number of anilines is 2. The molecule has 2 N–H and O–H groups in total. The van der Waals surface area contributed by atoms with E-state index >= 15 is 0 Å². The van der Waals surface area contributed by atoms with E-state index in [1.807, 2.05) is 0 Å². The number of fused-ring (bicyclic) bond motifs is 1. The van der Waals surface area contributed by atoms with Crippen LogP contribution in [-0.2, 0) is 26.0 Å². The first-order chi connectivity index (χ1) is 15.0. The van der Waals surface area contributed by atoms with Crippen LogP contribution in [0.3, 0.4) is 0 Å². The molecule has 9 heteroatoms. The maximum Gasteiger partial charge on any atom is 0.242 e. The van der Waals surface area contributed by atoms with Crippen LogP contribution in [0.4, 0.5) is 11.4 Å². The summed E-state index contributed by atoms with van der Waals surface area (Å²) in [5, 5.41) is 2.69. The molecule has 1 aliphatic rings. The Balaban J connectivity index is 1.81. The van der Waals surface area contributed by atoms with Gasteiger partial charge in [-0.2, -0.15) is 4.72 Å². The van der Waals surface area contributed by atoms with Crippen LogP contribution >= 0.6 is 0 Å². The van der Waals surface area contributed by atoms with Crippen molar-refractivity contribution in [3.8, 4) is 0 Å². The summed E-state index contributed by atoms with van der Waals surface area (Å²) in [6, 6.07) is 10.1.